The van der Waals surface area contributed by atoms with E-state index in [9.17, 15) is 4.79 Å². The van der Waals surface area contributed by atoms with Crippen LogP contribution in [0.4, 0.5) is 10.5 Å². The SMILES string of the molecule is COC=C[C@H]1Cc2ccccc2N(C(=O)OCc2ccccc2)C1. The molecule has 0 saturated heterocycles. The van der Waals surface area contributed by atoms with Gasteiger partial charge in [0.25, 0.3) is 0 Å². The zero-order valence-corrected chi connectivity index (χ0v) is 13.7. The summed E-state index contributed by atoms with van der Waals surface area (Å²) in [5.74, 6) is 0.212. The molecule has 0 aliphatic carbocycles. The van der Waals surface area contributed by atoms with Crippen molar-refractivity contribution in [1.82, 2.24) is 0 Å². The lowest BCUT2D eigenvalue weighted by Crippen LogP contribution is -2.39. The summed E-state index contributed by atoms with van der Waals surface area (Å²) in [6.07, 6.45) is 4.24. The number of carbonyl (C=O) groups excluding carboxylic acids is 1. The molecule has 2 aromatic carbocycles. The molecule has 1 aliphatic heterocycles. The fourth-order valence-electron chi connectivity index (χ4n) is 2.92. The topological polar surface area (TPSA) is 38.8 Å². The molecule has 24 heavy (non-hydrogen) atoms. The second-order valence-electron chi connectivity index (χ2n) is 5.81. The van der Waals surface area contributed by atoms with Gasteiger partial charge in [0.2, 0.25) is 0 Å². The van der Waals surface area contributed by atoms with E-state index < -0.39 is 0 Å². The van der Waals surface area contributed by atoms with Crippen LogP contribution in [0.1, 0.15) is 11.1 Å². The van der Waals surface area contributed by atoms with Crippen LogP contribution in [0.5, 0.6) is 0 Å². The van der Waals surface area contributed by atoms with Crippen molar-refractivity contribution in [3.8, 4) is 0 Å². The highest BCUT2D eigenvalue weighted by molar-refractivity contribution is 5.89. The number of benzene rings is 2. The van der Waals surface area contributed by atoms with E-state index in [1.807, 2.05) is 54.6 Å². The summed E-state index contributed by atoms with van der Waals surface area (Å²) >= 11 is 0. The molecule has 2 aromatic rings. The number of hydrogen-bond acceptors (Lipinski definition) is 3. The summed E-state index contributed by atoms with van der Waals surface area (Å²) in [5, 5.41) is 0. The van der Waals surface area contributed by atoms with Crippen molar-refractivity contribution >= 4 is 11.8 Å². The summed E-state index contributed by atoms with van der Waals surface area (Å²) in [5.41, 5.74) is 3.05. The zero-order valence-electron chi connectivity index (χ0n) is 13.7. The maximum absolute atomic E-state index is 12.6. The standard InChI is InChI=1S/C20H21NO3/c1-23-12-11-17-13-18-9-5-6-10-19(18)21(14-17)20(22)24-15-16-7-3-2-4-8-16/h2-12,17H,13-15H2,1H3/t17-/m0/s1. The monoisotopic (exact) mass is 323 g/mol. The number of amides is 1. The molecule has 0 N–H and O–H groups in total. The van der Waals surface area contributed by atoms with Crippen LogP contribution in [0.2, 0.25) is 0 Å². The maximum Gasteiger partial charge on any atom is 0.414 e. The molecule has 0 unspecified atom stereocenters. The number of fused-ring (bicyclic) bond motifs is 1. The van der Waals surface area contributed by atoms with Crippen LogP contribution < -0.4 is 4.90 Å². The molecule has 0 bridgehead atoms. The van der Waals surface area contributed by atoms with E-state index in [2.05, 4.69) is 6.07 Å². The number of ether oxygens (including phenoxy) is 2. The van der Waals surface area contributed by atoms with Crippen LogP contribution in [0, 0.1) is 5.92 Å². The summed E-state index contributed by atoms with van der Waals surface area (Å²) in [7, 11) is 1.62. The van der Waals surface area contributed by atoms with Gasteiger partial charge in [0.05, 0.1) is 19.1 Å². The molecule has 124 valence electrons. The van der Waals surface area contributed by atoms with Gasteiger partial charge in [-0.15, -0.1) is 0 Å². The van der Waals surface area contributed by atoms with Gasteiger partial charge >= 0.3 is 6.09 Å². The number of hydrogen-bond donors (Lipinski definition) is 0. The minimum absolute atomic E-state index is 0.212. The minimum Gasteiger partial charge on any atom is -0.505 e. The van der Waals surface area contributed by atoms with Gasteiger partial charge in [-0.1, -0.05) is 48.5 Å². The predicted octanol–water partition coefficient (Wildman–Crippen LogP) is 4.16. The molecule has 0 aromatic heterocycles. The Morgan fingerprint density at radius 1 is 1.17 bits per heavy atom. The molecule has 0 radical (unpaired) electrons. The predicted molar refractivity (Wildman–Crippen MR) is 93.8 cm³/mol. The zero-order chi connectivity index (χ0) is 16.8. The fourth-order valence-corrected chi connectivity index (χ4v) is 2.92. The van der Waals surface area contributed by atoms with Gasteiger partial charge in [-0.25, -0.2) is 4.79 Å². The molecule has 1 heterocycles. The molecule has 4 heteroatoms. The first-order valence-electron chi connectivity index (χ1n) is 8.03. The molecule has 4 nitrogen and oxygen atoms in total. The Morgan fingerprint density at radius 3 is 2.71 bits per heavy atom. The van der Waals surface area contributed by atoms with E-state index in [-0.39, 0.29) is 18.6 Å². The molecule has 1 aliphatic rings. The highest BCUT2D eigenvalue weighted by Crippen LogP contribution is 2.30. The largest absolute Gasteiger partial charge is 0.505 e. The average Bonchev–Trinajstić information content (AvgIpc) is 2.64. The summed E-state index contributed by atoms with van der Waals surface area (Å²) in [4.78, 5) is 14.3. The molecular formula is C20H21NO3. The first-order valence-corrected chi connectivity index (χ1v) is 8.03. The van der Waals surface area contributed by atoms with E-state index in [1.54, 1.807) is 18.3 Å². The van der Waals surface area contributed by atoms with Gasteiger partial charge in [-0.3, -0.25) is 4.90 Å². The Balaban J connectivity index is 1.74. The molecule has 3 rings (SSSR count). The van der Waals surface area contributed by atoms with E-state index >= 15 is 0 Å². The van der Waals surface area contributed by atoms with Crippen molar-refractivity contribution in [1.29, 1.82) is 0 Å². The van der Waals surface area contributed by atoms with Crippen molar-refractivity contribution in [2.24, 2.45) is 5.92 Å². The third-order valence-electron chi connectivity index (χ3n) is 4.09. The number of para-hydroxylation sites is 1. The highest BCUT2D eigenvalue weighted by atomic mass is 16.6. The first-order chi connectivity index (χ1) is 11.8. The second kappa shape index (κ2) is 7.68. The normalized spacial score (nSPS) is 16.7. The quantitative estimate of drug-likeness (QED) is 0.793. The van der Waals surface area contributed by atoms with E-state index in [0.717, 1.165) is 23.2 Å². The Morgan fingerprint density at radius 2 is 1.92 bits per heavy atom. The minimum atomic E-state index is -0.318. The number of methoxy groups -OCH3 is 1. The van der Waals surface area contributed by atoms with Crippen molar-refractivity contribution in [3.05, 3.63) is 78.1 Å². The number of rotatable bonds is 4. The smallest absolute Gasteiger partial charge is 0.414 e. The Labute approximate surface area is 142 Å². The molecule has 0 saturated carbocycles. The van der Waals surface area contributed by atoms with Crippen LogP contribution in [-0.2, 0) is 22.5 Å². The van der Waals surface area contributed by atoms with Crippen LogP contribution >= 0.6 is 0 Å². The van der Waals surface area contributed by atoms with Crippen LogP contribution in [0.25, 0.3) is 0 Å². The third-order valence-corrected chi connectivity index (χ3v) is 4.09. The van der Waals surface area contributed by atoms with Crippen LogP contribution in [0.3, 0.4) is 0 Å². The lowest BCUT2D eigenvalue weighted by molar-refractivity contribution is 0.146. The van der Waals surface area contributed by atoms with Crippen molar-refractivity contribution < 1.29 is 14.3 Å². The lowest BCUT2D eigenvalue weighted by atomic mass is 9.93. The van der Waals surface area contributed by atoms with E-state index in [4.69, 9.17) is 9.47 Å². The van der Waals surface area contributed by atoms with Gasteiger partial charge in [0.15, 0.2) is 0 Å². The molecule has 1 atom stereocenters. The molecule has 0 fully saturated rings. The first kappa shape index (κ1) is 16.1. The van der Waals surface area contributed by atoms with Crippen molar-refractivity contribution in [2.45, 2.75) is 13.0 Å². The van der Waals surface area contributed by atoms with Crippen molar-refractivity contribution in [3.63, 3.8) is 0 Å². The molecular weight excluding hydrogens is 302 g/mol. The van der Waals surface area contributed by atoms with Crippen LogP contribution in [0.15, 0.2) is 66.9 Å². The van der Waals surface area contributed by atoms with E-state index in [1.165, 1.54) is 0 Å². The van der Waals surface area contributed by atoms with E-state index in [0.29, 0.717) is 6.54 Å². The Hall–Kier alpha value is -2.75. The van der Waals surface area contributed by atoms with Crippen LogP contribution in [-0.4, -0.2) is 19.7 Å². The summed E-state index contributed by atoms with van der Waals surface area (Å²) in [6, 6.07) is 17.7. The second-order valence-corrected chi connectivity index (χ2v) is 5.81. The van der Waals surface area contributed by atoms with Gasteiger partial charge in [0.1, 0.15) is 6.61 Å². The summed E-state index contributed by atoms with van der Waals surface area (Å²) < 4.78 is 10.5. The fraction of sp³-hybridized carbons (Fsp3) is 0.250. The summed E-state index contributed by atoms with van der Waals surface area (Å²) in [6.45, 7) is 0.863. The maximum atomic E-state index is 12.6. The van der Waals surface area contributed by atoms with Gasteiger partial charge < -0.3 is 9.47 Å². The van der Waals surface area contributed by atoms with Crippen molar-refractivity contribution in [2.75, 3.05) is 18.6 Å². The Kier molecular flexibility index (Phi) is 5.16. The number of carbonyl (C=O) groups is 1. The third kappa shape index (κ3) is 3.77. The van der Waals surface area contributed by atoms with Gasteiger partial charge in [0, 0.05) is 12.5 Å². The highest BCUT2D eigenvalue weighted by Gasteiger charge is 2.28. The lowest BCUT2D eigenvalue weighted by Gasteiger charge is -2.32. The molecule has 0 spiro atoms. The number of nitrogens with zero attached hydrogens (tertiary/aromatic N) is 1. The number of anilines is 1. The van der Waals surface area contributed by atoms with Gasteiger partial charge in [-0.05, 0) is 29.7 Å². The average molecular weight is 323 g/mol. The Bertz CT molecular complexity index is 712. The van der Waals surface area contributed by atoms with Gasteiger partial charge in [-0.2, -0.15) is 0 Å². The molecule has 1 amide bonds.